The maximum absolute atomic E-state index is 13.1. The van der Waals surface area contributed by atoms with Gasteiger partial charge >= 0.3 is 0 Å². The number of carbonyl (C=O) groups is 1. The third kappa shape index (κ3) is 1.89. The van der Waals surface area contributed by atoms with Crippen molar-refractivity contribution < 1.29 is 22.4 Å². The van der Waals surface area contributed by atoms with Gasteiger partial charge in [0.2, 0.25) is 0 Å². The molecule has 0 saturated carbocycles. The third-order valence-electron chi connectivity index (χ3n) is 1.67. The first-order chi connectivity index (χ1) is 6.91. The minimum Gasteiger partial charge on any atom is -0.324 e. The number of carbonyl (C=O) groups excluding carboxylic acids is 1. The predicted molar refractivity (Wildman–Crippen MR) is 47.4 cm³/mol. The van der Waals surface area contributed by atoms with E-state index in [4.69, 9.17) is 5.73 Å². The number of halogens is 5. The van der Waals surface area contributed by atoms with Crippen LogP contribution in [0.2, 0.25) is 0 Å². The molecule has 0 aromatic heterocycles. The second kappa shape index (κ2) is 4.28. The molecule has 2 nitrogen and oxygen atoms in total. The fourth-order valence-electron chi connectivity index (χ4n) is 0.952. The summed E-state index contributed by atoms with van der Waals surface area (Å²) in [5, 5.41) is 0. The van der Waals surface area contributed by atoms with Crippen molar-refractivity contribution in [3.63, 3.8) is 0 Å². The normalized spacial score (nSPS) is 10.5. The van der Waals surface area contributed by atoms with Gasteiger partial charge in [0, 0.05) is 0 Å². The summed E-state index contributed by atoms with van der Waals surface area (Å²) in [6.45, 7) is -0.742. The second-order valence-corrected chi connectivity index (χ2v) is 3.37. The first-order valence-electron chi connectivity index (χ1n) is 3.66. The molecule has 0 heterocycles. The molecule has 15 heavy (non-hydrogen) atoms. The van der Waals surface area contributed by atoms with Crippen molar-refractivity contribution >= 4 is 21.7 Å². The number of rotatable bonds is 2. The smallest absolute Gasteiger partial charge is 0.182 e. The van der Waals surface area contributed by atoms with Gasteiger partial charge in [-0.2, -0.15) is 0 Å². The van der Waals surface area contributed by atoms with Crippen LogP contribution in [0.1, 0.15) is 10.4 Å². The van der Waals surface area contributed by atoms with E-state index in [2.05, 4.69) is 15.9 Å². The molecule has 0 bridgehead atoms. The zero-order valence-corrected chi connectivity index (χ0v) is 8.67. The molecular weight excluding hydrogens is 282 g/mol. The van der Waals surface area contributed by atoms with E-state index < -0.39 is 45.6 Å². The summed E-state index contributed by atoms with van der Waals surface area (Å²) in [5.41, 5.74) is 3.54. The summed E-state index contributed by atoms with van der Waals surface area (Å²) in [4.78, 5) is 10.9. The standard InChI is InChI=1S/C8H4BrF4NO/c9-4-7(12)5(10)3(2(15)1-14)6(11)8(4)13/h1,14H2. The number of nitrogens with two attached hydrogens (primary N) is 1. The molecule has 7 heteroatoms. The van der Waals surface area contributed by atoms with E-state index in [9.17, 15) is 22.4 Å². The Hall–Kier alpha value is -0.950. The van der Waals surface area contributed by atoms with Crippen LogP contribution in [0.25, 0.3) is 0 Å². The highest BCUT2D eigenvalue weighted by Gasteiger charge is 2.27. The molecule has 0 aliphatic carbocycles. The second-order valence-electron chi connectivity index (χ2n) is 2.57. The highest BCUT2D eigenvalue weighted by molar-refractivity contribution is 9.10. The molecule has 0 aliphatic heterocycles. The summed E-state index contributed by atoms with van der Waals surface area (Å²) in [6, 6.07) is 0. The molecule has 1 aromatic carbocycles. The summed E-state index contributed by atoms with van der Waals surface area (Å²) < 4.78 is 50.9. The van der Waals surface area contributed by atoms with Crippen molar-refractivity contribution in [2.45, 2.75) is 0 Å². The van der Waals surface area contributed by atoms with Gasteiger partial charge in [-0.15, -0.1) is 0 Å². The lowest BCUT2D eigenvalue weighted by Crippen LogP contribution is -2.19. The molecule has 82 valence electrons. The van der Waals surface area contributed by atoms with Crippen molar-refractivity contribution in [1.82, 2.24) is 0 Å². The summed E-state index contributed by atoms with van der Waals surface area (Å²) in [7, 11) is 0. The van der Waals surface area contributed by atoms with Crippen molar-refractivity contribution in [3.05, 3.63) is 33.3 Å². The molecule has 0 aliphatic rings. The van der Waals surface area contributed by atoms with E-state index in [-0.39, 0.29) is 0 Å². The van der Waals surface area contributed by atoms with Crippen molar-refractivity contribution in [2.24, 2.45) is 5.73 Å². The first kappa shape index (κ1) is 12.1. The first-order valence-corrected chi connectivity index (χ1v) is 4.45. The van der Waals surface area contributed by atoms with E-state index in [1.54, 1.807) is 0 Å². The molecule has 0 saturated heterocycles. The number of hydrogen-bond acceptors (Lipinski definition) is 2. The average Bonchev–Trinajstić information content (AvgIpc) is 2.23. The fourth-order valence-corrected chi connectivity index (χ4v) is 1.30. The maximum Gasteiger partial charge on any atom is 0.182 e. The van der Waals surface area contributed by atoms with Gasteiger partial charge in [0.1, 0.15) is 0 Å². The molecule has 0 amide bonds. The van der Waals surface area contributed by atoms with Gasteiger partial charge in [-0.05, 0) is 15.9 Å². The highest BCUT2D eigenvalue weighted by atomic mass is 79.9. The predicted octanol–water partition coefficient (Wildman–Crippen LogP) is 2.15. The lowest BCUT2D eigenvalue weighted by Gasteiger charge is -2.06. The van der Waals surface area contributed by atoms with Crippen LogP contribution in [0, 0.1) is 23.3 Å². The van der Waals surface area contributed by atoms with E-state index in [0.29, 0.717) is 0 Å². The van der Waals surface area contributed by atoms with Crippen LogP contribution >= 0.6 is 15.9 Å². The fraction of sp³-hybridized carbons (Fsp3) is 0.125. The van der Waals surface area contributed by atoms with Crippen LogP contribution in [-0.2, 0) is 0 Å². The van der Waals surface area contributed by atoms with E-state index >= 15 is 0 Å². The zero-order valence-electron chi connectivity index (χ0n) is 7.08. The molecule has 0 atom stereocenters. The van der Waals surface area contributed by atoms with Gasteiger partial charge in [0.25, 0.3) is 0 Å². The van der Waals surface area contributed by atoms with Crippen molar-refractivity contribution in [3.8, 4) is 0 Å². The van der Waals surface area contributed by atoms with Gasteiger partial charge in [-0.3, -0.25) is 4.79 Å². The van der Waals surface area contributed by atoms with Gasteiger partial charge in [-0.25, -0.2) is 17.6 Å². The number of Topliss-reactive ketones (excluding diaryl/α,β-unsaturated/α-hetero) is 1. The Balaban J connectivity index is 3.60. The Kier molecular flexibility index (Phi) is 3.46. The quantitative estimate of drug-likeness (QED) is 0.392. The molecule has 0 fully saturated rings. The highest BCUT2D eigenvalue weighted by Crippen LogP contribution is 2.28. The van der Waals surface area contributed by atoms with Crippen LogP contribution in [0.4, 0.5) is 17.6 Å². The molecular formula is C8H4BrF4NO. The van der Waals surface area contributed by atoms with Gasteiger partial charge in [0.15, 0.2) is 29.1 Å². The topological polar surface area (TPSA) is 43.1 Å². The maximum atomic E-state index is 13.1. The summed E-state index contributed by atoms with van der Waals surface area (Å²) in [6.07, 6.45) is 0. The van der Waals surface area contributed by atoms with Gasteiger partial charge in [-0.1, -0.05) is 0 Å². The largest absolute Gasteiger partial charge is 0.324 e. The van der Waals surface area contributed by atoms with Crippen LogP contribution in [0.15, 0.2) is 4.47 Å². The minimum absolute atomic E-state index is 0.742. The lowest BCUT2D eigenvalue weighted by molar-refractivity contribution is 0.0990. The zero-order chi connectivity index (χ0) is 11.7. The van der Waals surface area contributed by atoms with Crippen molar-refractivity contribution in [2.75, 3.05) is 6.54 Å². The Morgan fingerprint density at radius 1 is 1.07 bits per heavy atom. The molecule has 2 N–H and O–H groups in total. The van der Waals surface area contributed by atoms with Crippen LogP contribution in [0.3, 0.4) is 0 Å². The van der Waals surface area contributed by atoms with Crippen LogP contribution < -0.4 is 5.73 Å². The number of ketones is 1. The Morgan fingerprint density at radius 3 is 1.80 bits per heavy atom. The van der Waals surface area contributed by atoms with E-state index in [1.165, 1.54) is 0 Å². The minimum atomic E-state index is -1.75. The lowest BCUT2D eigenvalue weighted by atomic mass is 10.1. The summed E-state index contributed by atoms with van der Waals surface area (Å²) >= 11 is 2.31. The number of benzene rings is 1. The molecule has 0 spiro atoms. The van der Waals surface area contributed by atoms with Crippen LogP contribution in [0.5, 0.6) is 0 Å². The SMILES string of the molecule is NCC(=O)c1c(F)c(F)c(Br)c(F)c1F. The Bertz CT molecular complexity index is 406. The van der Waals surface area contributed by atoms with Gasteiger partial charge in [0.05, 0.1) is 16.6 Å². The van der Waals surface area contributed by atoms with Gasteiger partial charge < -0.3 is 5.73 Å². The van der Waals surface area contributed by atoms with E-state index in [0.717, 1.165) is 0 Å². The molecule has 0 unspecified atom stereocenters. The Morgan fingerprint density at radius 2 is 1.47 bits per heavy atom. The molecule has 0 radical (unpaired) electrons. The number of hydrogen-bond donors (Lipinski definition) is 1. The van der Waals surface area contributed by atoms with E-state index in [1.807, 2.05) is 0 Å². The average molecular weight is 286 g/mol. The third-order valence-corrected chi connectivity index (χ3v) is 2.37. The molecule has 1 rings (SSSR count). The molecule has 1 aromatic rings. The monoisotopic (exact) mass is 285 g/mol. The summed E-state index contributed by atoms with van der Waals surface area (Å²) in [5.74, 6) is -8.04. The van der Waals surface area contributed by atoms with Crippen molar-refractivity contribution in [1.29, 1.82) is 0 Å². The van der Waals surface area contributed by atoms with Crippen LogP contribution in [-0.4, -0.2) is 12.3 Å². The Labute approximate surface area is 90.2 Å².